The maximum Gasteiger partial charge on any atom is 0.252 e. The molecule has 72 valence electrons. The largest absolute Gasteiger partial charge is 0.372 e. The van der Waals surface area contributed by atoms with E-state index in [1.807, 2.05) is 6.07 Å². The fraction of sp³-hybridized carbons (Fsp3) is 0.222. The van der Waals surface area contributed by atoms with Crippen LogP contribution in [0.4, 0.5) is 5.82 Å². The van der Waals surface area contributed by atoms with Crippen LogP contribution in [-0.2, 0) is 0 Å². The Morgan fingerprint density at radius 1 is 1.57 bits per heavy atom. The van der Waals surface area contributed by atoms with Gasteiger partial charge in [0.05, 0.1) is 11.1 Å². The highest BCUT2D eigenvalue weighted by Gasteiger charge is 2.08. The molecule has 0 aliphatic rings. The summed E-state index contributed by atoms with van der Waals surface area (Å²) in [6, 6.07) is 3.46. The van der Waals surface area contributed by atoms with Crippen LogP contribution in [0.5, 0.6) is 0 Å². The molecule has 0 saturated heterocycles. The highest BCUT2D eigenvalue weighted by Crippen LogP contribution is 2.11. The zero-order valence-corrected chi connectivity index (χ0v) is 7.96. The van der Waals surface area contributed by atoms with Gasteiger partial charge in [-0.05, 0) is 6.07 Å². The van der Waals surface area contributed by atoms with Gasteiger partial charge < -0.3 is 10.6 Å². The van der Waals surface area contributed by atoms with Gasteiger partial charge in [0.1, 0.15) is 11.9 Å². The van der Waals surface area contributed by atoms with Crippen LogP contribution in [0.15, 0.2) is 12.3 Å². The second-order valence-electron chi connectivity index (χ2n) is 2.56. The summed E-state index contributed by atoms with van der Waals surface area (Å²) in [7, 11) is 3.20. The molecule has 0 bridgehead atoms. The molecule has 14 heavy (non-hydrogen) atoms. The van der Waals surface area contributed by atoms with Crippen LogP contribution in [0.3, 0.4) is 0 Å². The first-order valence-corrected chi connectivity index (χ1v) is 4.03. The van der Waals surface area contributed by atoms with E-state index in [9.17, 15) is 4.79 Å². The molecule has 1 amide bonds. The van der Waals surface area contributed by atoms with Crippen molar-refractivity contribution in [3.8, 4) is 6.07 Å². The number of hydrogen-bond acceptors (Lipinski definition) is 4. The van der Waals surface area contributed by atoms with Gasteiger partial charge in [-0.2, -0.15) is 5.26 Å². The smallest absolute Gasteiger partial charge is 0.252 e. The molecule has 0 fully saturated rings. The summed E-state index contributed by atoms with van der Waals surface area (Å²) < 4.78 is 0. The first-order valence-electron chi connectivity index (χ1n) is 4.03. The summed E-state index contributed by atoms with van der Waals surface area (Å²) in [6.07, 6.45) is 1.42. The predicted octanol–water partition coefficient (Wildman–Crippen LogP) is 0.355. The lowest BCUT2D eigenvalue weighted by molar-refractivity contribution is 0.0962. The van der Waals surface area contributed by atoms with Gasteiger partial charge in [-0.25, -0.2) is 4.98 Å². The van der Waals surface area contributed by atoms with Gasteiger partial charge in [-0.1, -0.05) is 0 Å². The van der Waals surface area contributed by atoms with Gasteiger partial charge >= 0.3 is 0 Å². The van der Waals surface area contributed by atoms with Gasteiger partial charge in [0.2, 0.25) is 0 Å². The number of nitrogens with one attached hydrogen (secondary N) is 2. The van der Waals surface area contributed by atoms with Crippen LogP contribution in [0.2, 0.25) is 0 Å². The van der Waals surface area contributed by atoms with Crippen LogP contribution < -0.4 is 10.6 Å². The molecule has 0 radical (unpaired) electrons. The lowest BCUT2D eigenvalue weighted by Crippen LogP contribution is -2.18. The van der Waals surface area contributed by atoms with E-state index in [4.69, 9.17) is 5.26 Å². The molecule has 2 N–H and O–H groups in total. The van der Waals surface area contributed by atoms with Gasteiger partial charge in [0, 0.05) is 20.3 Å². The van der Waals surface area contributed by atoms with Gasteiger partial charge in [0.15, 0.2) is 0 Å². The zero-order valence-electron chi connectivity index (χ0n) is 7.96. The number of pyridine rings is 1. The minimum absolute atomic E-state index is 0.253. The maximum atomic E-state index is 11.2. The van der Waals surface area contributed by atoms with Crippen LogP contribution in [0.25, 0.3) is 0 Å². The summed E-state index contributed by atoms with van der Waals surface area (Å²) in [5.41, 5.74) is 0.733. The van der Waals surface area contributed by atoms with Crippen LogP contribution >= 0.6 is 0 Å². The average molecular weight is 190 g/mol. The van der Waals surface area contributed by atoms with Crippen LogP contribution in [-0.4, -0.2) is 25.0 Å². The summed E-state index contributed by atoms with van der Waals surface area (Å²) in [5, 5.41) is 14.0. The highest BCUT2D eigenvalue weighted by atomic mass is 16.1. The van der Waals surface area contributed by atoms with E-state index in [1.165, 1.54) is 19.3 Å². The van der Waals surface area contributed by atoms with Crippen molar-refractivity contribution in [2.24, 2.45) is 0 Å². The Bertz CT molecular complexity index is 394. The molecule has 0 aliphatic carbocycles. The zero-order chi connectivity index (χ0) is 10.6. The number of carbonyl (C=O) groups is 1. The monoisotopic (exact) mass is 190 g/mol. The minimum Gasteiger partial charge on any atom is -0.372 e. The molecule has 1 aromatic rings. The third-order valence-corrected chi connectivity index (χ3v) is 1.73. The first-order chi connectivity index (χ1) is 6.72. The Balaban J connectivity index is 3.15. The number of nitrogens with zero attached hydrogens (tertiary/aromatic N) is 2. The minimum atomic E-state index is -0.253. The number of aromatic nitrogens is 1. The highest BCUT2D eigenvalue weighted by molar-refractivity contribution is 5.94. The van der Waals surface area contributed by atoms with Crippen molar-refractivity contribution < 1.29 is 4.79 Å². The van der Waals surface area contributed by atoms with Crippen molar-refractivity contribution in [2.75, 3.05) is 19.4 Å². The van der Waals surface area contributed by atoms with Gasteiger partial charge in [-0.3, -0.25) is 4.79 Å². The Morgan fingerprint density at radius 3 is 2.79 bits per heavy atom. The van der Waals surface area contributed by atoms with Crippen molar-refractivity contribution in [3.05, 3.63) is 23.4 Å². The molecule has 0 unspecified atom stereocenters. The molecule has 1 aromatic heterocycles. The fourth-order valence-corrected chi connectivity index (χ4v) is 1.02. The number of nitriles is 1. The second-order valence-corrected chi connectivity index (χ2v) is 2.56. The lowest BCUT2D eigenvalue weighted by atomic mass is 10.2. The number of amides is 1. The van der Waals surface area contributed by atoms with E-state index < -0.39 is 0 Å². The quantitative estimate of drug-likeness (QED) is 0.705. The summed E-state index contributed by atoms with van der Waals surface area (Å²) in [5.74, 6) is 0.219. The standard InChI is InChI=1S/C9H10N4O/c1-11-8-6(4-10)3-7(5-13-8)9(14)12-2/h3,5H,1-2H3,(H,11,13)(H,12,14). The predicted molar refractivity (Wildman–Crippen MR) is 51.9 cm³/mol. The van der Waals surface area contributed by atoms with E-state index in [0.29, 0.717) is 16.9 Å². The number of carbonyl (C=O) groups excluding carboxylic acids is 1. The molecule has 0 saturated carbocycles. The third kappa shape index (κ3) is 1.80. The molecular formula is C9H10N4O. The molecule has 0 atom stereocenters. The van der Waals surface area contributed by atoms with E-state index in [2.05, 4.69) is 15.6 Å². The Hall–Kier alpha value is -2.09. The van der Waals surface area contributed by atoms with Crippen molar-refractivity contribution in [2.45, 2.75) is 0 Å². The molecule has 1 heterocycles. The summed E-state index contributed by atoms with van der Waals surface area (Å²) in [4.78, 5) is 15.1. The summed E-state index contributed by atoms with van der Waals surface area (Å²) >= 11 is 0. The molecule has 0 spiro atoms. The van der Waals surface area contributed by atoms with Crippen LogP contribution in [0.1, 0.15) is 15.9 Å². The normalized spacial score (nSPS) is 8.93. The number of hydrogen-bond donors (Lipinski definition) is 2. The van der Waals surface area contributed by atoms with E-state index in [-0.39, 0.29) is 5.91 Å². The van der Waals surface area contributed by atoms with E-state index in [1.54, 1.807) is 7.05 Å². The lowest BCUT2D eigenvalue weighted by Gasteiger charge is -2.03. The topological polar surface area (TPSA) is 77.8 Å². The molecule has 0 aromatic carbocycles. The Morgan fingerprint density at radius 2 is 2.29 bits per heavy atom. The summed E-state index contributed by atoms with van der Waals surface area (Å²) in [6.45, 7) is 0. The first kappa shape index (κ1) is 9.99. The van der Waals surface area contributed by atoms with Crippen molar-refractivity contribution in [1.29, 1.82) is 5.26 Å². The average Bonchev–Trinajstić information content (AvgIpc) is 2.26. The molecular weight excluding hydrogens is 180 g/mol. The van der Waals surface area contributed by atoms with Crippen molar-refractivity contribution >= 4 is 11.7 Å². The fourth-order valence-electron chi connectivity index (χ4n) is 1.02. The van der Waals surface area contributed by atoms with Gasteiger partial charge in [-0.15, -0.1) is 0 Å². The SMILES string of the molecule is CNC(=O)c1cnc(NC)c(C#N)c1. The van der Waals surface area contributed by atoms with Crippen LogP contribution in [0, 0.1) is 11.3 Å². The number of anilines is 1. The molecule has 1 rings (SSSR count). The van der Waals surface area contributed by atoms with Crippen molar-refractivity contribution in [1.82, 2.24) is 10.3 Å². The van der Waals surface area contributed by atoms with E-state index >= 15 is 0 Å². The maximum absolute atomic E-state index is 11.2. The van der Waals surface area contributed by atoms with Gasteiger partial charge in [0.25, 0.3) is 5.91 Å². The van der Waals surface area contributed by atoms with E-state index in [0.717, 1.165) is 0 Å². The second kappa shape index (κ2) is 4.23. The molecule has 0 aliphatic heterocycles. The number of rotatable bonds is 2. The molecule has 5 heteroatoms. The Kier molecular flexibility index (Phi) is 3.02. The van der Waals surface area contributed by atoms with Crippen molar-refractivity contribution in [3.63, 3.8) is 0 Å². The third-order valence-electron chi connectivity index (χ3n) is 1.73. The molecule has 5 nitrogen and oxygen atoms in total. The Labute approximate surface area is 81.8 Å².